The lowest BCUT2D eigenvalue weighted by molar-refractivity contribution is -0.137. The molecule has 0 bridgehead atoms. The van der Waals surface area contributed by atoms with Crippen LogP contribution in [-0.4, -0.2) is 44.1 Å². The number of anilines is 1. The summed E-state index contributed by atoms with van der Waals surface area (Å²) in [4.78, 5) is 1.45. The molecule has 1 saturated heterocycles. The summed E-state index contributed by atoms with van der Waals surface area (Å²) in [7, 11) is -3.65. The van der Waals surface area contributed by atoms with Gasteiger partial charge in [0.25, 0.3) is 0 Å². The fourth-order valence-electron chi connectivity index (χ4n) is 2.90. The number of halogens is 3. The third kappa shape index (κ3) is 4.23. The minimum atomic E-state index is -4.57. The topological polar surface area (TPSA) is 90.4 Å². The molecule has 0 radical (unpaired) electrons. The molecule has 2 heterocycles. The largest absolute Gasteiger partial charge is 0.418 e. The van der Waals surface area contributed by atoms with Gasteiger partial charge in [-0.25, -0.2) is 8.42 Å². The standard InChI is InChI=1S/C16H15F3N4O3S/c17-16(18,19)14-2-1-12(10-20)9-15(14)22-4-6-23(7-5-22)27(24,25)11-13-3-8-26-21-13/h1-3,8-9H,4-7,11H2. The minimum Gasteiger partial charge on any atom is -0.368 e. The summed E-state index contributed by atoms with van der Waals surface area (Å²) in [6.45, 7) is 0.231. The van der Waals surface area contributed by atoms with E-state index >= 15 is 0 Å². The molecular formula is C16H15F3N4O3S. The second kappa shape index (κ2) is 7.21. The fraction of sp³-hybridized carbons (Fsp3) is 0.375. The number of hydrogen-bond donors (Lipinski definition) is 0. The molecule has 1 aliphatic heterocycles. The predicted octanol–water partition coefficient (Wildman–Crippen LogP) is 2.22. The summed E-state index contributed by atoms with van der Waals surface area (Å²) in [6.07, 6.45) is -3.30. The first-order valence-corrected chi connectivity index (χ1v) is 9.55. The van der Waals surface area contributed by atoms with Crippen molar-refractivity contribution in [2.24, 2.45) is 0 Å². The van der Waals surface area contributed by atoms with E-state index in [1.807, 2.05) is 6.07 Å². The Labute approximate surface area is 153 Å². The van der Waals surface area contributed by atoms with Gasteiger partial charge in [0, 0.05) is 32.2 Å². The molecule has 144 valence electrons. The summed E-state index contributed by atoms with van der Waals surface area (Å²) in [5, 5.41) is 12.5. The van der Waals surface area contributed by atoms with E-state index in [-0.39, 0.29) is 48.9 Å². The van der Waals surface area contributed by atoms with Crippen LogP contribution < -0.4 is 4.90 Å². The number of piperazine rings is 1. The molecule has 1 aliphatic rings. The summed E-state index contributed by atoms with van der Waals surface area (Å²) in [5.41, 5.74) is -0.590. The number of hydrogen-bond acceptors (Lipinski definition) is 6. The lowest BCUT2D eigenvalue weighted by Gasteiger charge is -2.36. The maximum Gasteiger partial charge on any atom is 0.418 e. The molecule has 0 aliphatic carbocycles. The van der Waals surface area contributed by atoms with Crippen molar-refractivity contribution in [3.63, 3.8) is 0 Å². The van der Waals surface area contributed by atoms with E-state index in [2.05, 4.69) is 9.68 Å². The first-order chi connectivity index (χ1) is 12.7. The van der Waals surface area contributed by atoms with Crippen molar-refractivity contribution < 1.29 is 26.1 Å². The summed E-state index contributed by atoms with van der Waals surface area (Å²) in [5.74, 6) is -0.332. The monoisotopic (exact) mass is 400 g/mol. The first kappa shape index (κ1) is 19.2. The summed E-state index contributed by atoms with van der Waals surface area (Å²) >= 11 is 0. The van der Waals surface area contributed by atoms with Gasteiger partial charge in [-0.2, -0.15) is 22.7 Å². The van der Waals surface area contributed by atoms with Crippen LogP contribution in [0.2, 0.25) is 0 Å². The highest BCUT2D eigenvalue weighted by Gasteiger charge is 2.36. The van der Waals surface area contributed by atoms with E-state index < -0.39 is 21.8 Å². The van der Waals surface area contributed by atoms with Crippen LogP contribution >= 0.6 is 0 Å². The van der Waals surface area contributed by atoms with Crippen molar-refractivity contribution in [1.82, 2.24) is 9.46 Å². The Kier molecular flexibility index (Phi) is 5.12. The van der Waals surface area contributed by atoms with E-state index in [0.717, 1.165) is 12.1 Å². The number of nitriles is 1. The van der Waals surface area contributed by atoms with E-state index in [9.17, 15) is 21.6 Å². The van der Waals surface area contributed by atoms with Crippen LogP contribution in [0.3, 0.4) is 0 Å². The first-order valence-electron chi connectivity index (χ1n) is 7.94. The van der Waals surface area contributed by atoms with E-state index in [1.165, 1.54) is 27.6 Å². The number of benzene rings is 1. The SMILES string of the molecule is N#Cc1ccc(C(F)(F)F)c(N2CCN(S(=O)(=O)Cc3ccon3)CC2)c1. The van der Waals surface area contributed by atoms with Crippen LogP contribution in [0.1, 0.15) is 16.8 Å². The van der Waals surface area contributed by atoms with E-state index in [4.69, 9.17) is 5.26 Å². The fourth-order valence-corrected chi connectivity index (χ4v) is 4.32. The molecule has 0 N–H and O–H groups in total. The Morgan fingerprint density at radius 2 is 1.89 bits per heavy atom. The van der Waals surface area contributed by atoms with Gasteiger partial charge in [0.2, 0.25) is 10.0 Å². The number of aromatic nitrogens is 1. The molecule has 3 rings (SSSR count). The average Bonchev–Trinajstić information content (AvgIpc) is 3.13. The van der Waals surface area contributed by atoms with Crippen molar-refractivity contribution >= 4 is 15.7 Å². The van der Waals surface area contributed by atoms with Gasteiger partial charge >= 0.3 is 6.18 Å². The van der Waals surface area contributed by atoms with Crippen molar-refractivity contribution in [3.05, 3.63) is 47.3 Å². The smallest absolute Gasteiger partial charge is 0.368 e. The van der Waals surface area contributed by atoms with Gasteiger partial charge in [0.15, 0.2) is 0 Å². The van der Waals surface area contributed by atoms with E-state index in [1.54, 1.807) is 0 Å². The second-order valence-corrected chi connectivity index (χ2v) is 7.94. The Balaban J connectivity index is 1.77. The number of nitrogens with zero attached hydrogens (tertiary/aromatic N) is 4. The zero-order valence-corrected chi connectivity index (χ0v) is 14.8. The van der Waals surface area contributed by atoms with Gasteiger partial charge in [-0.1, -0.05) is 5.16 Å². The zero-order valence-electron chi connectivity index (χ0n) is 14.0. The van der Waals surface area contributed by atoms with Crippen molar-refractivity contribution in [1.29, 1.82) is 5.26 Å². The van der Waals surface area contributed by atoms with Gasteiger partial charge in [-0.3, -0.25) is 0 Å². The Morgan fingerprint density at radius 1 is 1.19 bits per heavy atom. The molecule has 1 aromatic heterocycles. The third-order valence-electron chi connectivity index (χ3n) is 4.23. The molecule has 0 saturated carbocycles. The number of sulfonamides is 1. The molecule has 27 heavy (non-hydrogen) atoms. The molecule has 2 aromatic rings. The minimum absolute atomic E-state index is 0.0360. The van der Waals surface area contributed by atoms with Crippen molar-refractivity contribution in [2.45, 2.75) is 11.9 Å². The quantitative estimate of drug-likeness (QED) is 0.782. The molecule has 1 aromatic carbocycles. The highest BCUT2D eigenvalue weighted by Crippen LogP contribution is 2.37. The van der Waals surface area contributed by atoms with Crippen LogP contribution in [0.15, 0.2) is 35.1 Å². The van der Waals surface area contributed by atoms with Gasteiger partial charge in [0.1, 0.15) is 12.0 Å². The van der Waals surface area contributed by atoms with Crippen LogP contribution in [0, 0.1) is 11.3 Å². The summed E-state index contributed by atoms with van der Waals surface area (Å²) in [6, 6.07) is 6.44. The van der Waals surface area contributed by atoms with Crippen molar-refractivity contribution in [2.75, 3.05) is 31.1 Å². The van der Waals surface area contributed by atoms with E-state index in [0.29, 0.717) is 0 Å². The highest BCUT2D eigenvalue weighted by molar-refractivity contribution is 7.88. The van der Waals surface area contributed by atoms with Crippen LogP contribution in [0.25, 0.3) is 0 Å². The lowest BCUT2D eigenvalue weighted by Crippen LogP contribution is -2.49. The lowest BCUT2D eigenvalue weighted by atomic mass is 10.1. The maximum atomic E-state index is 13.3. The highest BCUT2D eigenvalue weighted by atomic mass is 32.2. The average molecular weight is 400 g/mol. The molecule has 0 amide bonds. The normalized spacial score (nSPS) is 16.3. The molecule has 1 fully saturated rings. The zero-order chi connectivity index (χ0) is 19.7. The van der Waals surface area contributed by atoms with Gasteiger partial charge in [-0.15, -0.1) is 0 Å². The van der Waals surface area contributed by atoms with Gasteiger partial charge in [0.05, 0.1) is 28.6 Å². The second-order valence-electron chi connectivity index (χ2n) is 5.97. The molecule has 0 unspecified atom stereocenters. The Hall–Kier alpha value is -2.58. The number of alkyl halides is 3. The predicted molar refractivity (Wildman–Crippen MR) is 89.1 cm³/mol. The number of rotatable bonds is 4. The Morgan fingerprint density at radius 3 is 2.44 bits per heavy atom. The Bertz CT molecular complexity index is 944. The third-order valence-corrected chi connectivity index (χ3v) is 6.04. The maximum absolute atomic E-state index is 13.3. The van der Waals surface area contributed by atoms with Crippen molar-refractivity contribution in [3.8, 4) is 6.07 Å². The van der Waals surface area contributed by atoms with Crippen LogP contribution in [0.5, 0.6) is 0 Å². The van der Waals surface area contributed by atoms with Gasteiger partial charge < -0.3 is 9.42 Å². The molecule has 11 heteroatoms. The van der Waals surface area contributed by atoms with Crippen LogP contribution in [0.4, 0.5) is 18.9 Å². The molecule has 0 spiro atoms. The van der Waals surface area contributed by atoms with Crippen LogP contribution in [-0.2, 0) is 22.0 Å². The molecular weight excluding hydrogens is 385 g/mol. The summed E-state index contributed by atoms with van der Waals surface area (Å²) < 4.78 is 70.5. The molecule has 0 atom stereocenters. The van der Waals surface area contributed by atoms with Gasteiger partial charge in [-0.05, 0) is 18.2 Å². The molecule has 7 nitrogen and oxygen atoms in total.